The zero-order valence-corrected chi connectivity index (χ0v) is 22.3. The van der Waals surface area contributed by atoms with Crippen LogP contribution in [0.2, 0.25) is 0 Å². The Morgan fingerprint density at radius 3 is 2.79 bits per heavy atom. The minimum Gasteiger partial charge on any atom is -0.462 e. The molecule has 1 saturated heterocycles. The number of esters is 1. The molecule has 0 aliphatic carbocycles. The Morgan fingerprint density at radius 1 is 1.32 bits per heavy atom. The molecule has 3 aromatic heterocycles. The largest absolute Gasteiger partial charge is 0.462 e. The van der Waals surface area contributed by atoms with Crippen molar-refractivity contribution < 1.29 is 23.5 Å². The normalized spacial score (nSPS) is 16.4. The number of carbonyl (C=O) groups is 2. The van der Waals surface area contributed by atoms with E-state index in [1.165, 1.54) is 16.8 Å². The molecule has 1 aliphatic heterocycles. The summed E-state index contributed by atoms with van der Waals surface area (Å²) in [5, 5.41) is 6.98. The number of halogens is 1. The van der Waals surface area contributed by atoms with Gasteiger partial charge in [-0.15, -0.1) is 0 Å². The third-order valence-corrected chi connectivity index (χ3v) is 6.20. The second-order valence-electron chi connectivity index (χ2n) is 10.2. The number of ether oxygens (including phenoxy) is 2. The van der Waals surface area contributed by atoms with Gasteiger partial charge in [-0.05, 0) is 65.2 Å². The summed E-state index contributed by atoms with van der Waals surface area (Å²) in [7, 11) is 0. The molecule has 1 fully saturated rings. The third-order valence-electron chi connectivity index (χ3n) is 6.20. The summed E-state index contributed by atoms with van der Waals surface area (Å²) in [5.41, 5.74) is 1.68. The number of amides is 1. The maximum absolute atomic E-state index is 14.5. The van der Waals surface area contributed by atoms with Crippen LogP contribution in [0.1, 0.15) is 75.1 Å². The number of aromatic nitrogens is 4. The lowest BCUT2D eigenvalue weighted by Gasteiger charge is -2.29. The molecular formula is C27H33FN6O4. The first-order valence-corrected chi connectivity index (χ1v) is 12.6. The predicted molar refractivity (Wildman–Crippen MR) is 140 cm³/mol. The van der Waals surface area contributed by atoms with Crippen molar-refractivity contribution in [2.24, 2.45) is 0 Å². The highest BCUT2D eigenvalue weighted by molar-refractivity contribution is 5.95. The van der Waals surface area contributed by atoms with Crippen LogP contribution in [-0.2, 0) is 9.47 Å². The number of carbonyl (C=O) groups excluding carboxylic acids is 2. The van der Waals surface area contributed by atoms with Crippen molar-refractivity contribution in [3.63, 3.8) is 0 Å². The molecule has 11 heteroatoms. The molecule has 4 rings (SSSR count). The highest BCUT2D eigenvalue weighted by Gasteiger charge is 2.32. The summed E-state index contributed by atoms with van der Waals surface area (Å²) >= 11 is 0. The maximum Gasteiger partial charge on any atom is 0.408 e. The summed E-state index contributed by atoms with van der Waals surface area (Å²) < 4.78 is 26.5. The first kappa shape index (κ1) is 27.0. The summed E-state index contributed by atoms with van der Waals surface area (Å²) in [6.07, 6.45) is 5.31. The van der Waals surface area contributed by atoms with Crippen LogP contribution < -0.4 is 10.2 Å². The molecule has 0 bridgehead atoms. The van der Waals surface area contributed by atoms with Crippen LogP contribution in [0.25, 0.3) is 11.2 Å². The van der Waals surface area contributed by atoms with Gasteiger partial charge in [-0.2, -0.15) is 5.10 Å². The van der Waals surface area contributed by atoms with Crippen molar-refractivity contribution >= 4 is 29.1 Å². The molecule has 3 aromatic rings. The lowest BCUT2D eigenvalue weighted by Crippen LogP contribution is -2.38. The van der Waals surface area contributed by atoms with E-state index in [9.17, 15) is 14.0 Å². The predicted octanol–water partition coefficient (Wildman–Crippen LogP) is 4.71. The highest BCUT2D eigenvalue weighted by Crippen LogP contribution is 2.38. The molecule has 0 aromatic carbocycles. The molecule has 4 heterocycles. The van der Waals surface area contributed by atoms with E-state index in [0.29, 0.717) is 34.8 Å². The molecule has 202 valence electrons. The molecular weight excluding hydrogens is 491 g/mol. The Morgan fingerprint density at radius 2 is 2.08 bits per heavy atom. The Hall–Kier alpha value is -4.02. The van der Waals surface area contributed by atoms with Gasteiger partial charge in [0.05, 0.1) is 36.8 Å². The molecule has 2 atom stereocenters. The molecule has 10 nitrogen and oxygen atoms in total. The fourth-order valence-electron chi connectivity index (χ4n) is 4.49. The van der Waals surface area contributed by atoms with Gasteiger partial charge in [-0.25, -0.2) is 23.5 Å². The second-order valence-corrected chi connectivity index (χ2v) is 10.2. The van der Waals surface area contributed by atoms with Crippen molar-refractivity contribution in [2.75, 3.05) is 18.1 Å². The Labute approximate surface area is 220 Å². The maximum atomic E-state index is 14.5. The smallest absolute Gasteiger partial charge is 0.408 e. The Kier molecular flexibility index (Phi) is 7.66. The van der Waals surface area contributed by atoms with Crippen LogP contribution in [0.5, 0.6) is 0 Å². The molecule has 1 aliphatic rings. The lowest BCUT2D eigenvalue weighted by atomic mass is 9.95. The number of rotatable bonds is 7. The molecule has 1 amide bonds. The van der Waals surface area contributed by atoms with Crippen LogP contribution in [0.15, 0.2) is 37.3 Å². The van der Waals surface area contributed by atoms with E-state index >= 15 is 0 Å². The minimum absolute atomic E-state index is 0.241. The van der Waals surface area contributed by atoms with Crippen LogP contribution in [0.4, 0.5) is 15.0 Å². The summed E-state index contributed by atoms with van der Waals surface area (Å²) in [6.45, 7) is 13.9. The van der Waals surface area contributed by atoms with Gasteiger partial charge in [0.25, 0.3) is 0 Å². The zero-order chi connectivity index (χ0) is 27.6. The van der Waals surface area contributed by atoms with Gasteiger partial charge in [0, 0.05) is 18.3 Å². The van der Waals surface area contributed by atoms with E-state index in [1.54, 1.807) is 46.9 Å². The number of hydrogen-bond donors (Lipinski definition) is 1. The van der Waals surface area contributed by atoms with Gasteiger partial charge in [-0.1, -0.05) is 6.58 Å². The van der Waals surface area contributed by atoms with E-state index in [1.807, 2.05) is 0 Å². The summed E-state index contributed by atoms with van der Waals surface area (Å²) in [5.74, 6) is -0.351. The highest BCUT2D eigenvalue weighted by atomic mass is 19.1. The number of nitrogens with zero attached hydrogens (tertiary/aromatic N) is 5. The SMILES string of the molecule is C=C(c1ncc(F)cc1C1CCCN1c1ccn2ncc(C(=O)OCC)c2n1)[C@@H](C)NC(=O)OC(C)(C)C. The first-order valence-electron chi connectivity index (χ1n) is 12.6. The van der Waals surface area contributed by atoms with Crippen molar-refractivity contribution in [1.29, 1.82) is 0 Å². The Bertz CT molecular complexity index is 1370. The molecule has 1 unspecified atom stereocenters. The van der Waals surface area contributed by atoms with Gasteiger partial charge < -0.3 is 19.7 Å². The Balaban J connectivity index is 1.65. The number of hydrogen-bond acceptors (Lipinski definition) is 8. The van der Waals surface area contributed by atoms with Crippen LogP contribution >= 0.6 is 0 Å². The fourth-order valence-corrected chi connectivity index (χ4v) is 4.49. The van der Waals surface area contributed by atoms with Crippen molar-refractivity contribution in [2.45, 2.75) is 65.1 Å². The average molecular weight is 525 g/mol. The van der Waals surface area contributed by atoms with Crippen LogP contribution in [-0.4, -0.2) is 56.4 Å². The van der Waals surface area contributed by atoms with Crippen LogP contribution in [0.3, 0.4) is 0 Å². The fraction of sp³-hybridized carbons (Fsp3) is 0.444. The van der Waals surface area contributed by atoms with E-state index in [0.717, 1.165) is 19.0 Å². The van der Waals surface area contributed by atoms with Crippen molar-refractivity contribution in [3.05, 3.63) is 59.9 Å². The molecule has 1 N–H and O–H groups in total. The van der Waals surface area contributed by atoms with Crippen molar-refractivity contribution in [3.8, 4) is 0 Å². The van der Waals surface area contributed by atoms with E-state index in [-0.39, 0.29) is 18.2 Å². The number of nitrogens with one attached hydrogen (secondary N) is 1. The average Bonchev–Trinajstić information content (AvgIpc) is 3.49. The van der Waals surface area contributed by atoms with Crippen molar-refractivity contribution in [1.82, 2.24) is 24.9 Å². The second kappa shape index (κ2) is 10.8. The standard InChI is InChI=1S/C27H33FN6O4/c1-7-37-25(35)20-15-30-34-12-10-22(32-24(20)34)33-11-8-9-21(33)19-13-18(28)14-29-23(19)16(2)17(3)31-26(36)38-27(4,5)6/h10,12-15,17,21H,2,7-9,11H2,1,3-6H3,(H,31,36)/t17-,21?/m1/s1. The number of pyridine rings is 1. The third kappa shape index (κ3) is 5.76. The van der Waals surface area contributed by atoms with Gasteiger partial charge in [-0.3, -0.25) is 4.98 Å². The van der Waals surface area contributed by atoms with Crippen LogP contribution in [0, 0.1) is 5.82 Å². The number of alkyl carbamates (subject to hydrolysis) is 1. The van der Waals surface area contributed by atoms with Gasteiger partial charge in [0.1, 0.15) is 22.8 Å². The topological polar surface area (TPSA) is 111 Å². The number of anilines is 1. The monoisotopic (exact) mass is 524 g/mol. The summed E-state index contributed by atoms with van der Waals surface area (Å²) in [4.78, 5) is 35.8. The zero-order valence-electron chi connectivity index (χ0n) is 22.3. The lowest BCUT2D eigenvalue weighted by molar-refractivity contribution is 0.0512. The van der Waals surface area contributed by atoms with E-state index in [4.69, 9.17) is 14.5 Å². The van der Waals surface area contributed by atoms with Gasteiger partial charge in [0.2, 0.25) is 0 Å². The van der Waals surface area contributed by atoms with Gasteiger partial charge >= 0.3 is 12.1 Å². The first-order chi connectivity index (χ1) is 18.0. The quantitative estimate of drug-likeness (QED) is 0.443. The molecule has 0 radical (unpaired) electrons. The molecule has 0 saturated carbocycles. The minimum atomic E-state index is -0.647. The number of fused-ring (bicyclic) bond motifs is 1. The molecule has 0 spiro atoms. The molecule has 38 heavy (non-hydrogen) atoms. The van der Waals surface area contributed by atoms with E-state index < -0.39 is 29.5 Å². The van der Waals surface area contributed by atoms with Gasteiger partial charge in [0.15, 0.2) is 5.65 Å². The summed E-state index contributed by atoms with van der Waals surface area (Å²) in [6, 6.07) is 2.51. The van der Waals surface area contributed by atoms with E-state index in [2.05, 4.69) is 26.9 Å².